The van der Waals surface area contributed by atoms with E-state index in [-0.39, 0.29) is 11.9 Å². The van der Waals surface area contributed by atoms with E-state index in [9.17, 15) is 4.79 Å². The van der Waals surface area contributed by atoms with Crippen LogP contribution in [0, 0.1) is 0 Å². The molecule has 0 radical (unpaired) electrons. The maximum atomic E-state index is 13.1. The van der Waals surface area contributed by atoms with E-state index in [1.54, 1.807) is 18.6 Å². The third-order valence-electron chi connectivity index (χ3n) is 5.72. The van der Waals surface area contributed by atoms with Gasteiger partial charge in [0, 0.05) is 18.4 Å². The van der Waals surface area contributed by atoms with Gasteiger partial charge in [-0.3, -0.25) is 14.2 Å². The summed E-state index contributed by atoms with van der Waals surface area (Å²) < 4.78 is 3.74. The van der Waals surface area contributed by atoms with E-state index < -0.39 is 0 Å². The number of fused-ring (bicyclic) bond motifs is 1. The molecule has 0 spiro atoms. The predicted molar refractivity (Wildman–Crippen MR) is 115 cm³/mol. The molecule has 30 heavy (non-hydrogen) atoms. The second-order valence-corrected chi connectivity index (χ2v) is 7.74. The number of para-hydroxylation sites is 1. The van der Waals surface area contributed by atoms with Crippen molar-refractivity contribution in [1.82, 2.24) is 29.5 Å². The fourth-order valence-electron chi connectivity index (χ4n) is 4.21. The van der Waals surface area contributed by atoms with Crippen LogP contribution in [0.3, 0.4) is 0 Å². The van der Waals surface area contributed by atoms with Crippen LogP contribution in [0.5, 0.6) is 0 Å². The highest BCUT2D eigenvalue weighted by Gasteiger charge is 2.23. The number of hydrogen-bond donors (Lipinski definition) is 1. The van der Waals surface area contributed by atoms with Crippen LogP contribution in [-0.4, -0.2) is 36.1 Å². The van der Waals surface area contributed by atoms with Crippen LogP contribution >= 0.6 is 0 Å². The zero-order chi connectivity index (χ0) is 20.3. The van der Waals surface area contributed by atoms with Gasteiger partial charge in [0.1, 0.15) is 5.69 Å². The molecule has 1 saturated carbocycles. The number of imidazole rings is 1. The fraction of sp³-hybridized carbons (Fsp3) is 0.304. The number of carbonyl (C=O) groups excluding carboxylic acids is 1. The van der Waals surface area contributed by atoms with Gasteiger partial charge in [-0.15, -0.1) is 0 Å². The van der Waals surface area contributed by atoms with Crippen LogP contribution in [0.25, 0.3) is 22.7 Å². The molecule has 1 N–H and O–H groups in total. The quantitative estimate of drug-likeness (QED) is 0.525. The lowest BCUT2D eigenvalue weighted by Gasteiger charge is -2.15. The summed E-state index contributed by atoms with van der Waals surface area (Å²) in [5.41, 5.74) is 2.85. The number of aromatic nitrogens is 5. The van der Waals surface area contributed by atoms with Crippen molar-refractivity contribution in [3.63, 3.8) is 0 Å². The van der Waals surface area contributed by atoms with E-state index in [1.165, 1.54) is 12.8 Å². The summed E-state index contributed by atoms with van der Waals surface area (Å²) >= 11 is 0. The average molecular weight is 400 g/mol. The smallest absolute Gasteiger partial charge is 0.272 e. The number of hydrogen-bond acceptors (Lipinski definition) is 4. The Morgan fingerprint density at radius 1 is 1.00 bits per heavy atom. The van der Waals surface area contributed by atoms with Crippen molar-refractivity contribution in [3.8, 4) is 17.2 Å². The van der Waals surface area contributed by atoms with Gasteiger partial charge in [-0.1, -0.05) is 43.9 Å². The van der Waals surface area contributed by atoms with E-state index in [2.05, 4.69) is 15.4 Å². The predicted octanol–water partition coefficient (Wildman–Crippen LogP) is 4.03. The van der Waals surface area contributed by atoms with Crippen LogP contribution in [0.2, 0.25) is 0 Å². The van der Waals surface area contributed by atoms with Gasteiger partial charge in [0.2, 0.25) is 0 Å². The molecule has 0 unspecified atom stereocenters. The minimum atomic E-state index is -0.135. The molecule has 1 fully saturated rings. The molecule has 1 aliphatic rings. The summed E-state index contributed by atoms with van der Waals surface area (Å²) in [7, 11) is 0. The van der Waals surface area contributed by atoms with Gasteiger partial charge in [0.15, 0.2) is 11.5 Å². The molecule has 5 rings (SSSR count). The Morgan fingerprint density at radius 2 is 1.80 bits per heavy atom. The summed E-state index contributed by atoms with van der Waals surface area (Å²) in [6.45, 7) is 0. The lowest BCUT2D eigenvalue weighted by Crippen LogP contribution is -2.34. The summed E-state index contributed by atoms with van der Waals surface area (Å²) in [4.78, 5) is 22.1. The second-order valence-electron chi connectivity index (χ2n) is 7.74. The van der Waals surface area contributed by atoms with Crippen molar-refractivity contribution in [2.75, 3.05) is 0 Å². The van der Waals surface area contributed by atoms with Gasteiger partial charge >= 0.3 is 0 Å². The number of benzene rings is 1. The number of carbonyl (C=O) groups is 1. The molecular formula is C23H24N6O. The Labute approximate surface area is 174 Å². The van der Waals surface area contributed by atoms with E-state index >= 15 is 0 Å². The number of rotatable bonds is 4. The Morgan fingerprint density at radius 3 is 2.60 bits per heavy atom. The van der Waals surface area contributed by atoms with Crippen molar-refractivity contribution in [2.24, 2.45) is 0 Å². The first-order chi connectivity index (χ1) is 14.8. The van der Waals surface area contributed by atoms with Gasteiger partial charge < -0.3 is 5.32 Å². The minimum absolute atomic E-state index is 0.135. The zero-order valence-corrected chi connectivity index (χ0v) is 16.7. The average Bonchev–Trinajstić information content (AvgIpc) is 3.33. The number of amides is 1. The molecule has 1 aromatic carbocycles. The Bertz CT molecular complexity index is 1150. The fourth-order valence-corrected chi connectivity index (χ4v) is 4.21. The van der Waals surface area contributed by atoms with Gasteiger partial charge in [-0.2, -0.15) is 5.10 Å². The molecule has 0 atom stereocenters. The third-order valence-corrected chi connectivity index (χ3v) is 5.72. The number of nitrogens with one attached hydrogen (secondary N) is 1. The molecule has 1 amide bonds. The first kappa shape index (κ1) is 18.5. The summed E-state index contributed by atoms with van der Waals surface area (Å²) in [6, 6.07) is 12.0. The van der Waals surface area contributed by atoms with Crippen molar-refractivity contribution in [1.29, 1.82) is 0 Å². The van der Waals surface area contributed by atoms with Crippen LogP contribution in [0.1, 0.15) is 49.0 Å². The molecule has 7 nitrogen and oxygen atoms in total. The molecule has 4 aromatic rings. The monoisotopic (exact) mass is 400 g/mol. The van der Waals surface area contributed by atoms with E-state index in [4.69, 9.17) is 4.98 Å². The largest absolute Gasteiger partial charge is 0.348 e. The topological polar surface area (TPSA) is 77.1 Å². The van der Waals surface area contributed by atoms with Crippen LogP contribution in [0.4, 0.5) is 0 Å². The zero-order valence-electron chi connectivity index (χ0n) is 16.7. The molecular weight excluding hydrogens is 376 g/mol. The van der Waals surface area contributed by atoms with Gasteiger partial charge in [0.05, 0.1) is 23.6 Å². The van der Waals surface area contributed by atoms with E-state index in [0.29, 0.717) is 17.0 Å². The first-order valence-corrected chi connectivity index (χ1v) is 10.5. The first-order valence-electron chi connectivity index (χ1n) is 10.5. The third kappa shape index (κ3) is 3.47. The Hall–Kier alpha value is -3.48. The highest BCUT2D eigenvalue weighted by molar-refractivity contribution is 6.00. The maximum absolute atomic E-state index is 13.1. The Kier molecular flexibility index (Phi) is 5.01. The Balaban J connectivity index is 1.54. The van der Waals surface area contributed by atoms with Crippen molar-refractivity contribution in [3.05, 3.63) is 66.9 Å². The summed E-state index contributed by atoms with van der Waals surface area (Å²) in [5, 5.41) is 7.68. The summed E-state index contributed by atoms with van der Waals surface area (Å²) in [6.07, 6.45) is 13.9. The van der Waals surface area contributed by atoms with Crippen molar-refractivity contribution >= 4 is 11.4 Å². The van der Waals surface area contributed by atoms with Crippen molar-refractivity contribution in [2.45, 2.75) is 44.6 Å². The molecule has 0 saturated heterocycles. The molecule has 3 heterocycles. The van der Waals surface area contributed by atoms with Gasteiger partial charge in [-0.25, -0.2) is 9.67 Å². The van der Waals surface area contributed by atoms with Crippen molar-refractivity contribution < 1.29 is 4.79 Å². The second kappa shape index (κ2) is 8.10. The molecule has 0 bridgehead atoms. The number of nitrogens with zero attached hydrogens (tertiary/aromatic N) is 5. The molecule has 152 valence electrons. The minimum Gasteiger partial charge on any atom is -0.348 e. The lowest BCUT2D eigenvalue weighted by molar-refractivity contribution is 0.0930. The van der Waals surface area contributed by atoms with E-state index in [0.717, 1.165) is 37.1 Å². The van der Waals surface area contributed by atoms with Gasteiger partial charge in [-0.05, 0) is 31.0 Å². The summed E-state index contributed by atoms with van der Waals surface area (Å²) in [5.74, 6) is 0.532. The highest BCUT2D eigenvalue weighted by Crippen LogP contribution is 2.25. The SMILES string of the molecule is O=C(NC1CCCCCC1)c1nc(-c2ccnn2-c2ccccc2)n2ccncc12. The van der Waals surface area contributed by atoms with Gasteiger partial charge in [0.25, 0.3) is 5.91 Å². The van der Waals surface area contributed by atoms with Crippen LogP contribution in [0.15, 0.2) is 61.2 Å². The lowest BCUT2D eigenvalue weighted by atomic mass is 10.1. The molecule has 0 aliphatic heterocycles. The normalized spacial score (nSPS) is 15.2. The molecule has 3 aromatic heterocycles. The maximum Gasteiger partial charge on any atom is 0.272 e. The molecule has 1 aliphatic carbocycles. The molecule has 7 heteroatoms. The van der Waals surface area contributed by atoms with Crippen LogP contribution in [-0.2, 0) is 0 Å². The van der Waals surface area contributed by atoms with E-state index in [1.807, 2.05) is 51.7 Å². The van der Waals surface area contributed by atoms with Crippen LogP contribution < -0.4 is 5.32 Å². The standard InChI is InChI=1S/C23H24N6O/c30-23(26-17-8-4-1-2-5-9-17)21-20-16-24-14-15-28(20)22(27-21)19-12-13-25-29(19)18-10-6-3-7-11-18/h3,6-7,10-17H,1-2,4-5,8-9H2,(H,26,30). The highest BCUT2D eigenvalue weighted by atomic mass is 16.2.